The Hall–Kier alpha value is -1.36. The van der Waals surface area contributed by atoms with Crippen LogP contribution in [0, 0.1) is 6.92 Å². The third-order valence-electron chi connectivity index (χ3n) is 1.44. The summed E-state index contributed by atoms with van der Waals surface area (Å²) in [4.78, 5) is 8.20. The summed E-state index contributed by atoms with van der Waals surface area (Å²) in [7, 11) is 0. The Bertz CT molecular complexity index is 351. The van der Waals surface area contributed by atoms with E-state index in [0.717, 1.165) is 10.8 Å². The quantitative estimate of drug-likeness (QED) is 0.717. The van der Waals surface area contributed by atoms with Gasteiger partial charge in [-0.3, -0.25) is 4.57 Å². The van der Waals surface area contributed by atoms with E-state index >= 15 is 0 Å². The van der Waals surface area contributed by atoms with Crippen LogP contribution in [0.3, 0.4) is 0 Å². The molecule has 5 heteroatoms. The van der Waals surface area contributed by atoms with Gasteiger partial charge in [0.2, 0.25) is 0 Å². The van der Waals surface area contributed by atoms with Gasteiger partial charge in [-0.15, -0.1) is 11.3 Å². The smallest absolute Gasteiger partial charge is 0.196 e. The molecular weight excluding hydrogens is 172 g/mol. The van der Waals surface area contributed by atoms with E-state index in [1.54, 1.807) is 6.33 Å². The van der Waals surface area contributed by atoms with Crippen molar-refractivity contribution in [1.29, 1.82) is 0 Å². The molecule has 0 radical (unpaired) electrons. The van der Waals surface area contributed by atoms with Gasteiger partial charge in [0, 0.05) is 11.6 Å². The molecule has 2 N–H and O–H groups in total. The van der Waals surface area contributed by atoms with Crippen molar-refractivity contribution in [3.8, 4) is 5.13 Å². The molecule has 0 saturated carbocycles. The van der Waals surface area contributed by atoms with E-state index in [-0.39, 0.29) is 0 Å². The third-order valence-corrected chi connectivity index (χ3v) is 2.31. The number of thiazole rings is 1. The minimum absolute atomic E-state index is 0.557. The summed E-state index contributed by atoms with van der Waals surface area (Å²) < 4.78 is 1.86. The van der Waals surface area contributed by atoms with E-state index in [4.69, 9.17) is 5.73 Å². The Kier molecular flexibility index (Phi) is 1.58. The van der Waals surface area contributed by atoms with E-state index in [9.17, 15) is 0 Å². The highest BCUT2D eigenvalue weighted by Crippen LogP contribution is 2.15. The number of rotatable bonds is 1. The van der Waals surface area contributed by atoms with Crippen LogP contribution in [0.25, 0.3) is 5.13 Å². The van der Waals surface area contributed by atoms with Crippen LogP contribution < -0.4 is 5.73 Å². The zero-order chi connectivity index (χ0) is 8.55. The lowest BCUT2D eigenvalue weighted by Gasteiger charge is -1.91. The van der Waals surface area contributed by atoms with E-state index in [0.29, 0.717) is 5.82 Å². The number of nitrogens with two attached hydrogens (primary N) is 1. The van der Waals surface area contributed by atoms with Gasteiger partial charge in [0.25, 0.3) is 0 Å². The Balaban J connectivity index is 2.43. The lowest BCUT2D eigenvalue weighted by Crippen LogP contribution is -1.90. The average molecular weight is 180 g/mol. The van der Waals surface area contributed by atoms with E-state index in [2.05, 4.69) is 9.97 Å². The van der Waals surface area contributed by atoms with Gasteiger partial charge in [0.15, 0.2) is 5.13 Å². The predicted octanol–water partition coefficient (Wildman–Crippen LogP) is 1.22. The molecule has 12 heavy (non-hydrogen) atoms. The number of hydrogen-bond donors (Lipinski definition) is 1. The summed E-state index contributed by atoms with van der Waals surface area (Å²) >= 11 is 1.50. The normalized spacial score (nSPS) is 10.4. The second kappa shape index (κ2) is 2.60. The van der Waals surface area contributed by atoms with Crippen LogP contribution in [-0.2, 0) is 0 Å². The van der Waals surface area contributed by atoms with Crippen molar-refractivity contribution in [3.63, 3.8) is 0 Å². The lowest BCUT2D eigenvalue weighted by atomic mass is 10.6. The molecule has 0 aliphatic heterocycles. The highest BCUT2D eigenvalue weighted by atomic mass is 32.1. The molecule has 4 nitrogen and oxygen atoms in total. The maximum atomic E-state index is 5.49. The number of nitrogen functional groups attached to an aromatic ring is 1. The zero-order valence-electron chi connectivity index (χ0n) is 6.56. The topological polar surface area (TPSA) is 56.7 Å². The van der Waals surface area contributed by atoms with Crippen LogP contribution in [-0.4, -0.2) is 14.5 Å². The Morgan fingerprint density at radius 3 is 2.92 bits per heavy atom. The molecule has 2 aromatic heterocycles. The van der Waals surface area contributed by atoms with Gasteiger partial charge in [0.05, 0.1) is 5.69 Å². The van der Waals surface area contributed by atoms with Crippen LogP contribution in [0.5, 0.6) is 0 Å². The highest BCUT2D eigenvalue weighted by molar-refractivity contribution is 7.12. The first-order chi connectivity index (χ1) is 5.75. The number of aromatic nitrogens is 3. The van der Waals surface area contributed by atoms with Crippen molar-refractivity contribution in [2.45, 2.75) is 6.92 Å². The van der Waals surface area contributed by atoms with Crippen LogP contribution >= 0.6 is 11.3 Å². The molecule has 0 aliphatic rings. The van der Waals surface area contributed by atoms with Crippen molar-refractivity contribution in [1.82, 2.24) is 14.5 Å². The van der Waals surface area contributed by atoms with Crippen molar-refractivity contribution in [2.24, 2.45) is 0 Å². The molecular formula is C7H8N4S. The minimum Gasteiger partial charge on any atom is -0.383 e. The number of aryl methyl sites for hydroxylation is 1. The van der Waals surface area contributed by atoms with E-state index in [1.807, 2.05) is 23.1 Å². The number of anilines is 1. The number of imidazole rings is 1. The lowest BCUT2D eigenvalue weighted by molar-refractivity contribution is 1.03. The maximum absolute atomic E-state index is 5.49. The molecule has 2 heterocycles. The molecule has 0 atom stereocenters. The SMILES string of the molecule is Cc1cn(-c2nc(N)cs2)cn1. The maximum Gasteiger partial charge on any atom is 0.196 e. The van der Waals surface area contributed by atoms with Gasteiger partial charge >= 0.3 is 0 Å². The van der Waals surface area contributed by atoms with Crippen molar-refractivity contribution < 1.29 is 0 Å². The van der Waals surface area contributed by atoms with Gasteiger partial charge in [0.1, 0.15) is 12.1 Å². The summed E-state index contributed by atoms with van der Waals surface area (Å²) in [5.74, 6) is 0.557. The van der Waals surface area contributed by atoms with Crippen molar-refractivity contribution in [3.05, 3.63) is 23.6 Å². The largest absolute Gasteiger partial charge is 0.383 e. The van der Waals surface area contributed by atoms with Crippen molar-refractivity contribution in [2.75, 3.05) is 5.73 Å². The van der Waals surface area contributed by atoms with Crippen LogP contribution in [0.2, 0.25) is 0 Å². The molecule has 2 aromatic rings. The molecule has 0 fully saturated rings. The fourth-order valence-corrected chi connectivity index (χ4v) is 1.58. The van der Waals surface area contributed by atoms with Crippen molar-refractivity contribution >= 4 is 17.2 Å². The molecule has 0 amide bonds. The molecule has 62 valence electrons. The second-order valence-corrected chi connectivity index (χ2v) is 3.31. The van der Waals surface area contributed by atoms with Crippen LogP contribution in [0.15, 0.2) is 17.9 Å². The van der Waals surface area contributed by atoms with Gasteiger partial charge < -0.3 is 5.73 Å². The summed E-state index contributed by atoms with van der Waals surface area (Å²) in [6.45, 7) is 1.94. The van der Waals surface area contributed by atoms with Crippen LogP contribution in [0.4, 0.5) is 5.82 Å². The molecule has 2 rings (SSSR count). The Labute approximate surface area is 73.7 Å². The summed E-state index contributed by atoms with van der Waals surface area (Å²) in [6.07, 6.45) is 3.64. The summed E-state index contributed by atoms with van der Waals surface area (Å²) in [5, 5.41) is 2.66. The molecule has 0 saturated heterocycles. The zero-order valence-corrected chi connectivity index (χ0v) is 7.38. The fourth-order valence-electron chi connectivity index (χ4n) is 0.921. The number of hydrogen-bond acceptors (Lipinski definition) is 4. The molecule has 0 spiro atoms. The van der Waals surface area contributed by atoms with E-state index < -0.39 is 0 Å². The second-order valence-electron chi connectivity index (χ2n) is 2.48. The Morgan fingerprint density at radius 1 is 1.58 bits per heavy atom. The monoisotopic (exact) mass is 180 g/mol. The summed E-state index contributed by atoms with van der Waals surface area (Å²) in [6, 6.07) is 0. The van der Waals surface area contributed by atoms with Gasteiger partial charge in [-0.2, -0.15) is 0 Å². The Morgan fingerprint density at radius 2 is 2.42 bits per heavy atom. The first kappa shape index (κ1) is 7.30. The summed E-state index contributed by atoms with van der Waals surface area (Å²) in [5.41, 5.74) is 6.46. The first-order valence-corrected chi connectivity index (χ1v) is 4.35. The average Bonchev–Trinajstić information content (AvgIpc) is 2.58. The molecule has 0 aliphatic carbocycles. The minimum atomic E-state index is 0.557. The van der Waals surface area contributed by atoms with E-state index in [1.165, 1.54) is 11.3 Å². The standard InChI is InChI=1S/C7H8N4S/c1-5-2-11(4-9-5)7-10-6(8)3-12-7/h2-4H,8H2,1H3. The van der Waals surface area contributed by atoms with Gasteiger partial charge in [-0.1, -0.05) is 0 Å². The number of nitrogens with zero attached hydrogens (tertiary/aromatic N) is 3. The van der Waals surface area contributed by atoms with Crippen LogP contribution in [0.1, 0.15) is 5.69 Å². The predicted molar refractivity (Wildman–Crippen MR) is 48.4 cm³/mol. The molecule has 0 unspecified atom stereocenters. The first-order valence-electron chi connectivity index (χ1n) is 3.47. The highest BCUT2D eigenvalue weighted by Gasteiger charge is 2.01. The van der Waals surface area contributed by atoms with Gasteiger partial charge in [-0.25, -0.2) is 9.97 Å². The molecule has 0 aromatic carbocycles. The molecule has 0 bridgehead atoms. The fraction of sp³-hybridized carbons (Fsp3) is 0.143. The van der Waals surface area contributed by atoms with Gasteiger partial charge in [-0.05, 0) is 6.92 Å². The third kappa shape index (κ3) is 1.18.